The van der Waals surface area contributed by atoms with Gasteiger partial charge in [0.1, 0.15) is 0 Å². The molecule has 3 N–H and O–H groups in total. The fraction of sp³-hybridized carbons (Fsp3) is 0.239. The van der Waals surface area contributed by atoms with E-state index >= 15 is 0 Å². The number of benzene rings is 6. The molecule has 14 rings (SSSR count). The van der Waals surface area contributed by atoms with Crippen LogP contribution in [0.1, 0.15) is 102 Å². The standard InChI is InChI=1S/C49H39N3.C14H18N2.2C3H6.C2H6/c1-2-6-22-40(21-5-1)52-48-31-30-44(34-47(48)45-23-13-16-37-33-46(37)49(45)52)51(43-25-24-35-14-11-12-15-36(35)32-43)42-28-26-41(27-29-42)50(38-17-7-3-8-18-38)39-19-9-4-10-20-39;15-12-6-5-9-14(11-10-12)16-13-7-3-1-2-4-8-13;2*1-2-3-1;1-2/h1,3-22,24-32,34,37,46H,2,23,33H2;1,3,5-7,9-11,14,16H,2,4,8,15H2;2*1-3H2;1-2H3. The maximum absolute atomic E-state index is 5.72. The van der Waals surface area contributed by atoms with Crippen molar-refractivity contribution < 1.29 is 0 Å². The van der Waals surface area contributed by atoms with Crippen LogP contribution < -0.4 is 20.9 Å². The zero-order valence-corrected chi connectivity index (χ0v) is 44.7. The third-order valence-corrected chi connectivity index (χ3v) is 14.3. The largest absolute Gasteiger partial charge is 0.399 e. The van der Waals surface area contributed by atoms with Crippen LogP contribution in [-0.2, 0) is 6.42 Å². The molecule has 3 atom stereocenters. The summed E-state index contributed by atoms with van der Waals surface area (Å²) >= 11 is 0. The van der Waals surface area contributed by atoms with E-state index in [2.05, 4.69) is 238 Å². The van der Waals surface area contributed by atoms with E-state index in [0.29, 0.717) is 11.8 Å². The molecule has 1 heterocycles. The van der Waals surface area contributed by atoms with Gasteiger partial charge >= 0.3 is 0 Å². The van der Waals surface area contributed by atoms with Gasteiger partial charge in [0.15, 0.2) is 0 Å². The van der Waals surface area contributed by atoms with E-state index in [0.717, 1.165) is 59.1 Å². The first kappa shape index (κ1) is 51.5. The summed E-state index contributed by atoms with van der Waals surface area (Å²) < 4.78 is 2.56. The zero-order valence-electron chi connectivity index (χ0n) is 44.7. The molecule has 0 spiro atoms. The van der Waals surface area contributed by atoms with E-state index in [4.69, 9.17) is 5.73 Å². The van der Waals surface area contributed by atoms with E-state index in [1.807, 2.05) is 32.1 Å². The van der Waals surface area contributed by atoms with Gasteiger partial charge in [-0.2, -0.15) is 0 Å². The van der Waals surface area contributed by atoms with Crippen LogP contribution in [0.25, 0.3) is 27.4 Å². The van der Waals surface area contributed by atoms with Gasteiger partial charge in [0.25, 0.3) is 0 Å². The Morgan fingerprint density at radius 3 is 1.86 bits per heavy atom. The highest BCUT2D eigenvalue weighted by Gasteiger charge is 2.42. The lowest BCUT2D eigenvalue weighted by Crippen LogP contribution is -2.24. The van der Waals surface area contributed by atoms with Crippen LogP contribution in [-0.4, -0.2) is 10.6 Å². The molecule has 0 saturated heterocycles. The summed E-state index contributed by atoms with van der Waals surface area (Å²) in [5, 5.41) is 7.32. The maximum atomic E-state index is 5.72. The van der Waals surface area contributed by atoms with E-state index in [-0.39, 0.29) is 6.04 Å². The quantitative estimate of drug-likeness (QED) is 0.142. The molecule has 3 fully saturated rings. The predicted octanol–water partition coefficient (Wildman–Crippen LogP) is 19.2. The molecule has 7 aromatic rings. The summed E-state index contributed by atoms with van der Waals surface area (Å²) in [4.78, 5) is 4.74. The SMILES string of the molecule is C1=CCC=CC(n2c3c(c4cc(N(c5ccc(N(c6ccccc6)c6ccccc6)cc5)c5ccc6ccccc6c5)ccc42)CC=CC2CC32)=C1.C1CC1.C1CC1.CC.NC1=CC=CC(NC2=CC=CCCC2)C=C1. The summed E-state index contributed by atoms with van der Waals surface area (Å²) in [6.07, 6.45) is 48.4. The number of hydrogen-bond donors (Lipinski definition) is 2. The molecule has 3 unspecified atom stereocenters. The third-order valence-electron chi connectivity index (χ3n) is 14.3. The summed E-state index contributed by atoms with van der Waals surface area (Å²) in [6, 6.07) is 53.1. The van der Waals surface area contributed by atoms with Crippen LogP contribution in [0.5, 0.6) is 0 Å². The highest BCUT2D eigenvalue weighted by molar-refractivity contribution is 5.96. The Morgan fingerprint density at radius 1 is 0.526 bits per heavy atom. The molecule has 384 valence electrons. The third kappa shape index (κ3) is 13.1. The Hall–Kier alpha value is -8.02. The summed E-state index contributed by atoms with van der Waals surface area (Å²) in [5.74, 6) is 1.22. The highest BCUT2D eigenvalue weighted by Crippen LogP contribution is 2.54. The van der Waals surface area contributed by atoms with E-state index < -0.39 is 0 Å². The van der Waals surface area contributed by atoms with Gasteiger partial charge in [-0.15, -0.1) is 0 Å². The normalized spacial score (nSPS) is 18.9. The maximum Gasteiger partial charge on any atom is 0.0632 e. The first-order chi connectivity index (χ1) is 37.6. The number of rotatable bonds is 9. The molecule has 0 bridgehead atoms. The van der Waals surface area contributed by atoms with E-state index in [1.54, 1.807) is 0 Å². The molecule has 7 aliphatic rings. The van der Waals surface area contributed by atoms with Gasteiger partial charge in [0.05, 0.1) is 11.6 Å². The first-order valence-corrected chi connectivity index (χ1v) is 28.3. The van der Waals surface area contributed by atoms with Crippen molar-refractivity contribution >= 4 is 61.5 Å². The van der Waals surface area contributed by atoms with E-state index in [1.165, 1.54) is 102 Å². The molecule has 6 aromatic carbocycles. The van der Waals surface area contributed by atoms with Gasteiger partial charge in [-0.05, 0) is 170 Å². The second-order valence-corrected chi connectivity index (χ2v) is 20.3. The zero-order chi connectivity index (χ0) is 51.9. The van der Waals surface area contributed by atoms with Crippen molar-refractivity contribution in [2.45, 2.75) is 103 Å². The minimum Gasteiger partial charge on any atom is -0.399 e. The number of hydrogen-bond acceptors (Lipinski definition) is 4. The van der Waals surface area contributed by atoms with Gasteiger partial charge in [-0.1, -0.05) is 180 Å². The van der Waals surface area contributed by atoms with Crippen LogP contribution in [0, 0.1) is 5.92 Å². The fourth-order valence-electron chi connectivity index (χ4n) is 10.1. The Kier molecular flexibility index (Phi) is 17.3. The molecule has 1 aromatic heterocycles. The lowest BCUT2D eigenvalue weighted by atomic mass is 10.0. The lowest BCUT2D eigenvalue weighted by molar-refractivity contribution is 0.709. The van der Waals surface area contributed by atoms with Crippen LogP contribution in [0.2, 0.25) is 0 Å². The number of aromatic nitrogens is 1. The minimum atomic E-state index is 0.245. The highest BCUT2D eigenvalue weighted by atomic mass is 15.2. The fourth-order valence-corrected chi connectivity index (χ4v) is 10.1. The molecule has 7 aliphatic carbocycles. The first-order valence-electron chi connectivity index (χ1n) is 28.3. The van der Waals surface area contributed by atoms with Crippen molar-refractivity contribution in [2.75, 3.05) is 9.80 Å². The predicted molar refractivity (Wildman–Crippen MR) is 327 cm³/mol. The molecule has 0 radical (unpaired) electrons. The molecule has 0 amide bonds. The summed E-state index contributed by atoms with van der Waals surface area (Å²) in [5.41, 5.74) is 20.1. The molecular weight excluding hydrogens is 923 g/mol. The monoisotopic (exact) mass is 998 g/mol. The van der Waals surface area contributed by atoms with Crippen molar-refractivity contribution in [3.8, 4) is 0 Å². The summed E-state index contributed by atoms with van der Waals surface area (Å²) in [6.45, 7) is 4.00. The Morgan fingerprint density at radius 2 is 1.14 bits per heavy atom. The summed E-state index contributed by atoms with van der Waals surface area (Å²) in [7, 11) is 0. The second kappa shape index (κ2) is 25.5. The molecule has 0 aliphatic heterocycles. The Labute approximate surface area is 452 Å². The average molecular weight is 998 g/mol. The number of anilines is 6. The van der Waals surface area contributed by atoms with Gasteiger partial charge < -0.3 is 25.4 Å². The van der Waals surface area contributed by atoms with Crippen LogP contribution in [0.15, 0.2) is 248 Å². The molecule has 5 nitrogen and oxygen atoms in total. The minimum absolute atomic E-state index is 0.245. The smallest absolute Gasteiger partial charge is 0.0632 e. The van der Waals surface area contributed by atoms with Crippen molar-refractivity contribution in [1.82, 2.24) is 9.88 Å². The van der Waals surface area contributed by atoms with Crippen LogP contribution >= 0.6 is 0 Å². The number of nitrogens with zero attached hydrogens (tertiary/aromatic N) is 3. The Bertz CT molecular complexity index is 3280. The number of allylic oxidation sites excluding steroid dienone is 15. The second-order valence-electron chi connectivity index (χ2n) is 20.3. The van der Waals surface area contributed by atoms with Gasteiger partial charge in [-0.3, -0.25) is 0 Å². The topological polar surface area (TPSA) is 49.5 Å². The van der Waals surface area contributed by atoms with Crippen LogP contribution in [0.4, 0.5) is 34.1 Å². The number of fused-ring (bicyclic) bond motifs is 6. The van der Waals surface area contributed by atoms with Crippen molar-refractivity contribution in [1.29, 1.82) is 0 Å². The van der Waals surface area contributed by atoms with Crippen molar-refractivity contribution in [2.24, 2.45) is 11.7 Å². The number of nitrogens with one attached hydrogen (secondary N) is 1. The number of para-hydroxylation sites is 2. The molecule has 3 saturated carbocycles. The van der Waals surface area contributed by atoms with Gasteiger partial charge in [0, 0.05) is 68.2 Å². The van der Waals surface area contributed by atoms with Gasteiger partial charge in [-0.25, -0.2) is 0 Å². The molecule has 76 heavy (non-hydrogen) atoms. The molecule has 5 heteroatoms. The molecular formula is C71H75N5. The van der Waals surface area contributed by atoms with Crippen molar-refractivity contribution in [3.05, 3.63) is 259 Å². The van der Waals surface area contributed by atoms with Gasteiger partial charge in [0.2, 0.25) is 0 Å². The van der Waals surface area contributed by atoms with Crippen molar-refractivity contribution in [3.63, 3.8) is 0 Å². The Balaban J connectivity index is 0.000000226. The van der Waals surface area contributed by atoms with Crippen LogP contribution in [0.3, 0.4) is 0 Å². The lowest BCUT2D eigenvalue weighted by Gasteiger charge is -2.28. The van der Waals surface area contributed by atoms with E-state index in [9.17, 15) is 0 Å². The average Bonchev–Trinajstić information content (AvgIpc) is 4.27. The number of nitrogens with two attached hydrogens (primary N) is 1.